The Hall–Kier alpha value is -3.11. The summed E-state index contributed by atoms with van der Waals surface area (Å²) in [5.41, 5.74) is 3.95. The number of benzene rings is 1. The van der Waals surface area contributed by atoms with E-state index in [0.29, 0.717) is 4.90 Å². The molecule has 0 N–H and O–H groups in total. The molecule has 1 aromatic carbocycles. The van der Waals surface area contributed by atoms with Gasteiger partial charge in [-0.3, -0.25) is 0 Å². The van der Waals surface area contributed by atoms with Gasteiger partial charge in [0.15, 0.2) is 9.84 Å². The van der Waals surface area contributed by atoms with Crippen molar-refractivity contribution in [2.45, 2.75) is 18.2 Å². The van der Waals surface area contributed by atoms with Crippen LogP contribution >= 0.6 is 11.3 Å². The van der Waals surface area contributed by atoms with Crippen molar-refractivity contribution in [3.05, 3.63) is 53.9 Å². The largest absolute Gasteiger partial charge is 0.352 e. The number of rotatable bonds is 5. The number of thiophene rings is 1. The van der Waals surface area contributed by atoms with Gasteiger partial charge in [0, 0.05) is 55.8 Å². The Morgan fingerprint density at radius 2 is 1.61 bits per heavy atom. The lowest BCUT2D eigenvalue weighted by atomic mass is 10.1. The summed E-state index contributed by atoms with van der Waals surface area (Å²) in [6.45, 7) is 5.38. The van der Waals surface area contributed by atoms with Crippen molar-refractivity contribution in [3.8, 4) is 11.1 Å². The first-order chi connectivity index (χ1) is 15.9. The van der Waals surface area contributed by atoms with Crippen molar-refractivity contribution in [2.75, 3.05) is 42.2 Å². The van der Waals surface area contributed by atoms with E-state index >= 15 is 0 Å². The van der Waals surface area contributed by atoms with Crippen LogP contribution in [0, 0.1) is 0 Å². The molecule has 1 saturated heterocycles. The Bertz CT molecular complexity index is 1380. The van der Waals surface area contributed by atoms with Crippen LogP contribution < -0.4 is 9.80 Å². The number of aryl methyl sites for hydroxylation is 1. The highest BCUT2D eigenvalue weighted by Crippen LogP contribution is 2.37. The zero-order valence-electron chi connectivity index (χ0n) is 18.5. The molecule has 0 aliphatic carbocycles. The second-order valence-electron chi connectivity index (χ2n) is 8.04. The normalized spacial score (nSPS) is 14.7. The Labute approximate surface area is 196 Å². The number of aromatic nitrogens is 4. The van der Waals surface area contributed by atoms with Crippen molar-refractivity contribution in [2.24, 2.45) is 0 Å². The molecule has 0 atom stereocenters. The maximum absolute atomic E-state index is 11.8. The van der Waals surface area contributed by atoms with E-state index in [1.54, 1.807) is 29.8 Å². The van der Waals surface area contributed by atoms with E-state index in [1.807, 2.05) is 24.5 Å². The van der Waals surface area contributed by atoms with E-state index in [-0.39, 0.29) is 0 Å². The molecule has 170 valence electrons. The topological polar surface area (TPSA) is 92.2 Å². The average molecular weight is 481 g/mol. The highest BCUT2D eigenvalue weighted by atomic mass is 32.2. The molecule has 4 aromatic rings. The number of nitrogens with zero attached hydrogens (tertiary/aromatic N) is 6. The van der Waals surface area contributed by atoms with Crippen molar-refractivity contribution in [1.82, 2.24) is 19.9 Å². The lowest BCUT2D eigenvalue weighted by molar-refractivity contribution is 0.602. The van der Waals surface area contributed by atoms with Gasteiger partial charge in [-0.15, -0.1) is 11.3 Å². The van der Waals surface area contributed by atoms with Crippen LogP contribution in [0.1, 0.15) is 12.5 Å². The fourth-order valence-corrected chi connectivity index (χ4v) is 5.64. The molecule has 1 fully saturated rings. The first kappa shape index (κ1) is 21.7. The molecule has 33 heavy (non-hydrogen) atoms. The van der Waals surface area contributed by atoms with Gasteiger partial charge in [0.05, 0.1) is 15.1 Å². The van der Waals surface area contributed by atoms with E-state index in [9.17, 15) is 8.42 Å². The Morgan fingerprint density at radius 1 is 0.939 bits per heavy atom. The van der Waals surface area contributed by atoms with Gasteiger partial charge in [-0.1, -0.05) is 19.1 Å². The number of hydrogen-bond acceptors (Lipinski definition) is 9. The smallest absolute Gasteiger partial charge is 0.225 e. The third kappa shape index (κ3) is 4.28. The molecule has 0 amide bonds. The zero-order valence-corrected chi connectivity index (χ0v) is 20.1. The van der Waals surface area contributed by atoms with Gasteiger partial charge in [-0.2, -0.15) is 0 Å². The molecule has 3 aromatic heterocycles. The molecule has 0 bridgehead atoms. The Balaban J connectivity index is 1.37. The standard InChI is InChI=1S/C23H24N6O2S2/c1-3-16-12-24-23(25-13-16)29-10-8-28(9-11-29)22-21-20(26-15-27-22)19(14-32-21)17-4-6-18(7-5-17)33(2,30)31/h4-7,12-15H,3,8-11H2,1-2H3. The van der Waals surface area contributed by atoms with Crippen LogP contribution in [0.4, 0.5) is 11.8 Å². The molecule has 0 unspecified atom stereocenters. The third-order valence-electron chi connectivity index (χ3n) is 5.89. The van der Waals surface area contributed by atoms with E-state index in [4.69, 9.17) is 0 Å². The monoisotopic (exact) mass is 480 g/mol. The molecule has 0 radical (unpaired) electrons. The summed E-state index contributed by atoms with van der Waals surface area (Å²) in [7, 11) is -3.22. The fraction of sp³-hybridized carbons (Fsp3) is 0.304. The van der Waals surface area contributed by atoms with Gasteiger partial charge < -0.3 is 9.80 Å². The maximum Gasteiger partial charge on any atom is 0.225 e. The molecule has 1 aliphatic rings. The quantitative estimate of drug-likeness (QED) is 0.429. The summed E-state index contributed by atoms with van der Waals surface area (Å²) in [6, 6.07) is 6.96. The third-order valence-corrected chi connectivity index (χ3v) is 7.98. The van der Waals surface area contributed by atoms with E-state index in [2.05, 4.69) is 42.0 Å². The molecule has 4 heterocycles. The van der Waals surface area contributed by atoms with E-state index < -0.39 is 9.84 Å². The highest BCUT2D eigenvalue weighted by Gasteiger charge is 2.23. The molecule has 5 rings (SSSR count). The van der Waals surface area contributed by atoms with Crippen LogP contribution in [0.15, 0.2) is 53.3 Å². The van der Waals surface area contributed by atoms with E-state index in [1.165, 1.54) is 6.26 Å². The molecular formula is C23H24N6O2S2. The van der Waals surface area contributed by atoms with Crippen molar-refractivity contribution in [1.29, 1.82) is 0 Å². The zero-order chi connectivity index (χ0) is 23.0. The SMILES string of the molecule is CCc1cnc(N2CCN(c3ncnc4c(-c5ccc(S(C)(=O)=O)cc5)csc34)CC2)nc1. The van der Waals surface area contributed by atoms with Gasteiger partial charge in [-0.05, 0) is 29.7 Å². The molecule has 0 spiro atoms. The average Bonchev–Trinajstić information content (AvgIpc) is 3.28. The minimum Gasteiger partial charge on any atom is -0.352 e. The van der Waals surface area contributed by atoms with Crippen LogP contribution in [-0.2, 0) is 16.3 Å². The minimum absolute atomic E-state index is 0.312. The Kier molecular flexibility index (Phi) is 5.71. The minimum atomic E-state index is -3.22. The van der Waals surface area contributed by atoms with Gasteiger partial charge in [0.25, 0.3) is 0 Å². The lowest BCUT2D eigenvalue weighted by Crippen LogP contribution is -2.47. The Morgan fingerprint density at radius 3 is 2.24 bits per heavy atom. The number of anilines is 2. The first-order valence-corrected chi connectivity index (χ1v) is 13.5. The van der Waals surface area contributed by atoms with Crippen LogP contribution in [0.2, 0.25) is 0 Å². The summed E-state index contributed by atoms with van der Waals surface area (Å²) >= 11 is 1.62. The van der Waals surface area contributed by atoms with Crippen LogP contribution in [0.5, 0.6) is 0 Å². The predicted molar refractivity (Wildman–Crippen MR) is 132 cm³/mol. The lowest BCUT2D eigenvalue weighted by Gasteiger charge is -2.35. The molecular weight excluding hydrogens is 456 g/mol. The number of fused-ring (bicyclic) bond motifs is 1. The highest BCUT2D eigenvalue weighted by molar-refractivity contribution is 7.90. The maximum atomic E-state index is 11.8. The summed E-state index contributed by atoms with van der Waals surface area (Å²) in [5.74, 6) is 1.71. The summed E-state index contributed by atoms with van der Waals surface area (Å²) in [4.78, 5) is 23.0. The predicted octanol–water partition coefficient (Wildman–Crippen LogP) is 3.44. The number of sulfone groups is 1. The van der Waals surface area contributed by atoms with Crippen molar-refractivity contribution < 1.29 is 8.42 Å². The molecule has 0 saturated carbocycles. The van der Waals surface area contributed by atoms with Gasteiger partial charge in [0.2, 0.25) is 5.95 Å². The molecule has 10 heteroatoms. The van der Waals surface area contributed by atoms with Gasteiger partial charge in [0.1, 0.15) is 12.1 Å². The van der Waals surface area contributed by atoms with Crippen LogP contribution in [0.25, 0.3) is 21.3 Å². The number of hydrogen-bond donors (Lipinski definition) is 0. The van der Waals surface area contributed by atoms with Crippen molar-refractivity contribution >= 4 is 43.2 Å². The van der Waals surface area contributed by atoms with Crippen LogP contribution in [-0.4, -0.2) is 60.8 Å². The van der Waals surface area contributed by atoms with Crippen molar-refractivity contribution in [3.63, 3.8) is 0 Å². The second-order valence-corrected chi connectivity index (χ2v) is 10.9. The summed E-state index contributed by atoms with van der Waals surface area (Å²) in [5, 5.41) is 2.07. The summed E-state index contributed by atoms with van der Waals surface area (Å²) < 4.78 is 24.6. The molecule has 8 nitrogen and oxygen atoms in total. The van der Waals surface area contributed by atoms with E-state index in [0.717, 1.165) is 71.3 Å². The molecule has 1 aliphatic heterocycles. The number of piperazine rings is 1. The van der Waals surface area contributed by atoms with Crippen LogP contribution in [0.3, 0.4) is 0 Å². The fourth-order valence-electron chi connectivity index (χ4n) is 3.96. The second kappa shape index (κ2) is 8.68. The first-order valence-electron chi connectivity index (χ1n) is 10.8. The van der Waals surface area contributed by atoms with Gasteiger partial charge in [-0.25, -0.2) is 28.4 Å². The summed E-state index contributed by atoms with van der Waals surface area (Å²) in [6.07, 6.45) is 7.56. The van der Waals surface area contributed by atoms with Gasteiger partial charge >= 0.3 is 0 Å².